The van der Waals surface area contributed by atoms with Crippen molar-refractivity contribution in [1.29, 1.82) is 0 Å². The Morgan fingerprint density at radius 2 is 1.47 bits per heavy atom. The van der Waals surface area contributed by atoms with Crippen molar-refractivity contribution < 1.29 is 19.8 Å². The molecule has 4 heteroatoms. The molecule has 0 atom stereocenters. The number of carbonyl (C=O) groups is 2. The van der Waals surface area contributed by atoms with E-state index in [0.29, 0.717) is 5.56 Å². The normalized spacial score (nSPS) is 10.3. The van der Waals surface area contributed by atoms with E-state index in [1.165, 1.54) is 18.2 Å². The van der Waals surface area contributed by atoms with E-state index in [1.54, 1.807) is 13.8 Å². The highest BCUT2D eigenvalue weighted by atomic mass is 16.4. The molecule has 1 rings (SSSR count). The molecular formula is C11H12O4. The minimum absolute atomic E-state index is 0.0601. The fourth-order valence-corrected chi connectivity index (χ4v) is 1.56. The number of aromatic carboxylic acids is 2. The average molecular weight is 208 g/mol. The highest BCUT2D eigenvalue weighted by molar-refractivity contribution is 5.96. The minimum atomic E-state index is -1.10. The monoisotopic (exact) mass is 208 g/mol. The van der Waals surface area contributed by atoms with Crippen LogP contribution in [0.2, 0.25) is 0 Å². The van der Waals surface area contributed by atoms with Crippen LogP contribution in [0.3, 0.4) is 0 Å². The van der Waals surface area contributed by atoms with Gasteiger partial charge in [0, 0.05) is 0 Å². The van der Waals surface area contributed by atoms with Crippen molar-refractivity contribution in [3.8, 4) is 0 Å². The van der Waals surface area contributed by atoms with E-state index in [4.69, 9.17) is 10.2 Å². The summed E-state index contributed by atoms with van der Waals surface area (Å²) < 4.78 is 0. The van der Waals surface area contributed by atoms with E-state index < -0.39 is 11.9 Å². The maximum absolute atomic E-state index is 10.9. The van der Waals surface area contributed by atoms with Crippen LogP contribution in [0.4, 0.5) is 0 Å². The Balaban J connectivity index is 3.48. The summed E-state index contributed by atoms with van der Waals surface area (Å²) in [7, 11) is 0. The van der Waals surface area contributed by atoms with Crippen molar-refractivity contribution in [1.82, 2.24) is 0 Å². The predicted molar refractivity (Wildman–Crippen MR) is 54.4 cm³/mol. The van der Waals surface area contributed by atoms with Gasteiger partial charge in [-0.1, -0.05) is 19.9 Å². The van der Waals surface area contributed by atoms with Crippen molar-refractivity contribution in [2.75, 3.05) is 0 Å². The zero-order valence-corrected chi connectivity index (χ0v) is 8.52. The highest BCUT2D eigenvalue weighted by Crippen LogP contribution is 2.24. The Morgan fingerprint density at radius 3 is 1.73 bits per heavy atom. The van der Waals surface area contributed by atoms with Crippen LogP contribution in [0.1, 0.15) is 46.0 Å². The molecule has 4 nitrogen and oxygen atoms in total. The summed E-state index contributed by atoms with van der Waals surface area (Å²) >= 11 is 0. The topological polar surface area (TPSA) is 74.6 Å². The number of hydrogen-bond donors (Lipinski definition) is 2. The molecule has 0 heterocycles. The van der Waals surface area contributed by atoms with Crippen molar-refractivity contribution in [3.05, 3.63) is 34.9 Å². The van der Waals surface area contributed by atoms with Gasteiger partial charge in [-0.2, -0.15) is 0 Å². The number of hydrogen-bond acceptors (Lipinski definition) is 2. The summed E-state index contributed by atoms with van der Waals surface area (Å²) in [6.07, 6.45) is 0. The standard InChI is InChI=1S/C11H12O4/c1-6(2)9-7(10(12)13)4-3-5-8(9)11(14)15/h3-6H,1-2H3,(H,12,13)(H,14,15). The van der Waals surface area contributed by atoms with Gasteiger partial charge in [-0.3, -0.25) is 0 Å². The third-order valence-electron chi connectivity index (χ3n) is 2.14. The van der Waals surface area contributed by atoms with E-state index in [0.717, 1.165) is 0 Å². The summed E-state index contributed by atoms with van der Waals surface area (Å²) in [5, 5.41) is 17.9. The molecule has 0 aliphatic carbocycles. The van der Waals surface area contributed by atoms with Crippen molar-refractivity contribution in [2.24, 2.45) is 0 Å². The van der Waals surface area contributed by atoms with Crippen molar-refractivity contribution >= 4 is 11.9 Å². The third-order valence-corrected chi connectivity index (χ3v) is 2.14. The Morgan fingerprint density at radius 1 is 1.07 bits per heavy atom. The number of benzene rings is 1. The molecule has 0 aliphatic heterocycles. The van der Waals surface area contributed by atoms with Gasteiger partial charge in [0.05, 0.1) is 11.1 Å². The molecule has 0 fully saturated rings. The lowest BCUT2D eigenvalue weighted by Gasteiger charge is -2.12. The van der Waals surface area contributed by atoms with E-state index in [2.05, 4.69) is 0 Å². The molecule has 2 N–H and O–H groups in total. The van der Waals surface area contributed by atoms with Crippen LogP contribution in [0.5, 0.6) is 0 Å². The Hall–Kier alpha value is -1.84. The second-order valence-corrected chi connectivity index (χ2v) is 3.53. The molecule has 0 aromatic heterocycles. The first kappa shape index (κ1) is 11.2. The molecule has 0 spiro atoms. The van der Waals surface area contributed by atoms with E-state index in [1.807, 2.05) is 0 Å². The zero-order chi connectivity index (χ0) is 11.6. The van der Waals surface area contributed by atoms with E-state index >= 15 is 0 Å². The minimum Gasteiger partial charge on any atom is -0.478 e. The fourth-order valence-electron chi connectivity index (χ4n) is 1.56. The molecule has 0 saturated carbocycles. The van der Waals surface area contributed by atoms with Gasteiger partial charge in [0.15, 0.2) is 0 Å². The first-order chi connectivity index (χ1) is 6.95. The first-order valence-electron chi connectivity index (χ1n) is 4.54. The number of carboxylic acids is 2. The van der Waals surface area contributed by atoms with Crippen LogP contribution in [-0.4, -0.2) is 22.2 Å². The Bertz CT molecular complexity index is 375. The molecule has 80 valence electrons. The number of rotatable bonds is 3. The molecule has 1 aromatic rings. The summed E-state index contributed by atoms with van der Waals surface area (Å²) in [6, 6.07) is 4.28. The summed E-state index contributed by atoms with van der Waals surface area (Å²) in [4.78, 5) is 21.8. The van der Waals surface area contributed by atoms with E-state index in [9.17, 15) is 9.59 Å². The molecule has 0 bridgehead atoms. The fraction of sp³-hybridized carbons (Fsp3) is 0.273. The quantitative estimate of drug-likeness (QED) is 0.798. The maximum atomic E-state index is 10.9. The lowest BCUT2D eigenvalue weighted by molar-refractivity contribution is 0.0694. The van der Waals surface area contributed by atoms with Crippen molar-refractivity contribution in [2.45, 2.75) is 19.8 Å². The van der Waals surface area contributed by atoms with Crippen LogP contribution < -0.4 is 0 Å². The van der Waals surface area contributed by atoms with Gasteiger partial charge >= 0.3 is 11.9 Å². The molecular weight excluding hydrogens is 196 g/mol. The largest absolute Gasteiger partial charge is 0.478 e. The van der Waals surface area contributed by atoms with Gasteiger partial charge in [-0.15, -0.1) is 0 Å². The second-order valence-electron chi connectivity index (χ2n) is 3.53. The highest BCUT2D eigenvalue weighted by Gasteiger charge is 2.19. The summed E-state index contributed by atoms with van der Waals surface area (Å²) in [5.74, 6) is -2.33. The maximum Gasteiger partial charge on any atom is 0.335 e. The molecule has 0 unspecified atom stereocenters. The average Bonchev–Trinajstić information content (AvgIpc) is 2.16. The molecule has 0 amide bonds. The van der Waals surface area contributed by atoms with E-state index in [-0.39, 0.29) is 17.0 Å². The Labute approximate surface area is 87.2 Å². The first-order valence-corrected chi connectivity index (χ1v) is 4.54. The number of carboxylic acid groups (broad SMARTS) is 2. The molecule has 0 saturated heterocycles. The third kappa shape index (κ3) is 2.15. The molecule has 1 aromatic carbocycles. The molecule has 0 aliphatic rings. The van der Waals surface area contributed by atoms with Gasteiger partial charge < -0.3 is 10.2 Å². The summed E-state index contributed by atoms with van der Waals surface area (Å²) in [6.45, 7) is 3.54. The Kier molecular flexibility index (Phi) is 3.09. The summed E-state index contributed by atoms with van der Waals surface area (Å²) in [5.41, 5.74) is 0.493. The van der Waals surface area contributed by atoms with Gasteiger partial charge in [-0.25, -0.2) is 9.59 Å². The van der Waals surface area contributed by atoms with Gasteiger partial charge in [0.1, 0.15) is 0 Å². The van der Waals surface area contributed by atoms with Crippen LogP contribution in [0, 0.1) is 0 Å². The second kappa shape index (κ2) is 4.13. The van der Waals surface area contributed by atoms with Crippen LogP contribution >= 0.6 is 0 Å². The SMILES string of the molecule is CC(C)c1c(C(=O)O)cccc1C(=O)O. The lowest BCUT2D eigenvalue weighted by atomic mass is 9.92. The van der Waals surface area contributed by atoms with Gasteiger partial charge in [0.25, 0.3) is 0 Å². The molecule has 0 radical (unpaired) electrons. The van der Waals surface area contributed by atoms with Crippen LogP contribution in [0.25, 0.3) is 0 Å². The van der Waals surface area contributed by atoms with Crippen LogP contribution in [-0.2, 0) is 0 Å². The lowest BCUT2D eigenvalue weighted by Crippen LogP contribution is -2.10. The molecule has 15 heavy (non-hydrogen) atoms. The van der Waals surface area contributed by atoms with Crippen LogP contribution in [0.15, 0.2) is 18.2 Å². The van der Waals surface area contributed by atoms with Gasteiger partial charge in [-0.05, 0) is 23.6 Å². The van der Waals surface area contributed by atoms with Gasteiger partial charge in [0.2, 0.25) is 0 Å². The zero-order valence-electron chi connectivity index (χ0n) is 8.52. The predicted octanol–water partition coefficient (Wildman–Crippen LogP) is 2.21. The smallest absolute Gasteiger partial charge is 0.335 e. The van der Waals surface area contributed by atoms with Crippen molar-refractivity contribution in [3.63, 3.8) is 0 Å².